The Balaban J connectivity index is 2.02. The predicted octanol–water partition coefficient (Wildman–Crippen LogP) is 3.31. The summed E-state index contributed by atoms with van der Waals surface area (Å²) in [6, 6.07) is 11.6. The summed E-state index contributed by atoms with van der Waals surface area (Å²) in [7, 11) is 0. The number of aryl methyl sites for hydroxylation is 2. The quantitative estimate of drug-likeness (QED) is 0.854. The maximum absolute atomic E-state index is 11.1. The summed E-state index contributed by atoms with van der Waals surface area (Å²) in [6.07, 6.45) is 1.59. The smallest absolute Gasteiger partial charge is 0.335 e. The molecule has 0 radical (unpaired) electrons. The van der Waals surface area contributed by atoms with Crippen LogP contribution in [0, 0.1) is 6.92 Å². The van der Waals surface area contributed by atoms with E-state index >= 15 is 0 Å². The third kappa shape index (κ3) is 4.31. The molecule has 0 amide bonds. The predicted molar refractivity (Wildman–Crippen MR) is 83.9 cm³/mol. The van der Waals surface area contributed by atoms with E-state index in [4.69, 9.17) is 5.11 Å². The Labute approximate surface area is 124 Å². The second-order valence-electron chi connectivity index (χ2n) is 5.06. The van der Waals surface area contributed by atoms with Crippen molar-refractivity contribution in [2.45, 2.75) is 26.7 Å². The van der Waals surface area contributed by atoms with Crippen LogP contribution in [-0.2, 0) is 12.8 Å². The zero-order chi connectivity index (χ0) is 15.2. The van der Waals surface area contributed by atoms with Crippen LogP contribution in [0.5, 0.6) is 0 Å². The number of carbonyl (C=O) groups is 1. The number of aromatic nitrogens is 1. The van der Waals surface area contributed by atoms with Gasteiger partial charge in [-0.2, -0.15) is 0 Å². The number of pyridine rings is 1. The minimum atomic E-state index is -0.922. The molecule has 0 atom stereocenters. The Kier molecular flexibility index (Phi) is 4.93. The van der Waals surface area contributed by atoms with Crippen LogP contribution in [0.25, 0.3) is 0 Å². The molecule has 2 rings (SSSR count). The van der Waals surface area contributed by atoms with Gasteiger partial charge in [0.05, 0.1) is 5.56 Å². The van der Waals surface area contributed by atoms with Gasteiger partial charge in [-0.15, -0.1) is 0 Å². The van der Waals surface area contributed by atoms with Crippen molar-refractivity contribution in [3.8, 4) is 0 Å². The molecule has 4 nitrogen and oxygen atoms in total. The molecule has 1 aromatic heterocycles. The summed E-state index contributed by atoms with van der Waals surface area (Å²) < 4.78 is 0. The van der Waals surface area contributed by atoms with Crippen LogP contribution < -0.4 is 5.32 Å². The van der Waals surface area contributed by atoms with Crippen LogP contribution in [0.15, 0.2) is 36.4 Å². The van der Waals surface area contributed by atoms with Gasteiger partial charge in [-0.3, -0.25) is 0 Å². The first-order valence-electron chi connectivity index (χ1n) is 7.12. The minimum absolute atomic E-state index is 0.278. The Morgan fingerprint density at radius 2 is 2.10 bits per heavy atom. The molecular formula is C17H20N2O2. The highest BCUT2D eigenvalue weighted by molar-refractivity contribution is 5.88. The van der Waals surface area contributed by atoms with E-state index in [1.807, 2.05) is 13.0 Å². The lowest BCUT2D eigenvalue weighted by Crippen LogP contribution is -2.09. The van der Waals surface area contributed by atoms with Gasteiger partial charge >= 0.3 is 5.97 Å². The number of nitrogens with one attached hydrogen (secondary N) is 1. The van der Waals surface area contributed by atoms with Crippen molar-refractivity contribution < 1.29 is 9.90 Å². The van der Waals surface area contributed by atoms with E-state index in [2.05, 4.69) is 35.4 Å². The zero-order valence-electron chi connectivity index (χ0n) is 12.4. The highest BCUT2D eigenvalue weighted by Crippen LogP contribution is 2.12. The van der Waals surface area contributed by atoms with Crippen molar-refractivity contribution in [1.82, 2.24) is 4.98 Å². The van der Waals surface area contributed by atoms with Crippen molar-refractivity contribution in [3.05, 3.63) is 58.8 Å². The van der Waals surface area contributed by atoms with Gasteiger partial charge in [-0.1, -0.05) is 36.8 Å². The van der Waals surface area contributed by atoms with E-state index in [-0.39, 0.29) is 5.56 Å². The second-order valence-corrected chi connectivity index (χ2v) is 5.06. The van der Waals surface area contributed by atoms with Gasteiger partial charge in [0.2, 0.25) is 0 Å². The lowest BCUT2D eigenvalue weighted by atomic mass is 10.1. The third-order valence-electron chi connectivity index (χ3n) is 3.29. The molecule has 110 valence electrons. The maximum Gasteiger partial charge on any atom is 0.335 e. The molecule has 4 heteroatoms. The number of aromatic carboxylic acids is 1. The lowest BCUT2D eigenvalue weighted by Gasteiger charge is -2.09. The fourth-order valence-electron chi connectivity index (χ4n) is 2.19. The molecule has 0 aliphatic carbocycles. The number of carboxylic acid groups (broad SMARTS) is 1. The molecule has 0 spiro atoms. The average molecular weight is 284 g/mol. The van der Waals surface area contributed by atoms with Gasteiger partial charge in [0.1, 0.15) is 5.82 Å². The van der Waals surface area contributed by atoms with Gasteiger partial charge in [0, 0.05) is 12.2 Å². The Morgan fingerprint density at radius 3 is 2.76 bits per heavy atom. The van der Waals surface area contributed by atoms with Crippen LogP contribution in [0.4, 0.5) is 5.82 Å². The molecule has 1 aromatic carbocycles. The summed E-state index contributed by atoms with van der Waals surface area (Å²) >= 11 is 0. The van der Waals surface area contributed by atoms with Crippen LogP contribution >= 0.6 is 0 Å². The van der Waals surface area contributed by atoms with E-state index in [0.717, 1.165) is 18.7 Å². The molecule has 2 N–H and O–H groups in total. The van der Waals surface area contributed by atoms with E-state index in [0.29, 0.717) is 12.2 Å². The van der Waals surface area contributed by atoms with Crippen LogP contribution in [0.1, 0.15) is 34.1 Å². The standard InChI is InChI=1S/C17H20N2O2/c1-3-15-10-14(17(20)21)11-16(19-15)18-8-7-13-6-4-5-12(2)9-13/h4-6,9-11H,3,7-8H2,1-2H3,(H,18,19)(H,20,21). The number of hydrogen-bond donors (Lipinski definition) is 2. The number of nitrogens with zero attached hydrogens (tertiary/aromatic N) is 1. The van der Waals surface area contributed by atoms with E-state index in [1.54, 1.807) is 12.1 Å². The van der Waals surface area contributed by atoms with Gasteiger partial charge < -0.3 is 10.4 Å². The fraction of sp³-hybridized carbons (Fsp3) is 0.294. The molecule has 0 fully saturated rings. The summed E-state index contributed by atoms with van der Waals surface area (Å²) in [5, 5.41) is 12.3. The van der Waals surface area contributed by atoms with Gasteiger partial charge in [-0.05, 0) is 37.5 Å². The number of anilines is 1. The summed E-state index contributed by atoms with van der Waals surface area (Å²) in [5.41, 5.74) is 3.56. The zero-order valence-corrected chi connectivity index (χ0v) is 12.4. The first-order valence-corrected chi connectivity index (χ1v) is 7.12. The van der Waals surface area contributed by atoms with Crippen LogP contribution in [0.3, 0.4) is 0 Å². The summed E-state index contributed by atoms with van der Waals surface area (Å²) in [6.45, 7) is 4.76. The summed E-state index contributed by atoms with van der Waals surface area (Å²) in [5.74, 6) is -0.298. The largest absolute Gasteiger partial charge is 0.478 e. The third-order valence-corrected chi connectivity index (χ3v) is 3.29. The Morgan fingerprint density at radius 1 is 1.29 bits per heavy atom. The monoisotopic (exact) mass is 284 g/mol. The van der Waals surface area contributed by atoms with Gasteiger partial charge in [0.15, 0.2) is 0 Å². The van der Waals surface area contributed by atoms with Crippen LogP contribution in [0.2, 0.25) is 0 Å². The van der Waals surface area contributed by atoms with Gasteiger partial charge in [-0.25, -0.2) is 9.78 Å². The molecule has 0 saturated carbocycles. The van der Waals surface area contributed by atoms with Crippen molar-refractivity contribution in [2.75, 3.05) is 11.9 Å². The van der Waals surface area contributed by atoms with Crippen molar-refractivity contribution in [3.63, 3.8) is 0 Å². The summed E-state index contributed by atoms with van der Waals surface area (Å²) in [4.78, 5) is 15.5. The van der Waals surface area contributed by atoms with Crippen LogP contribution in [-0.4, -0.2) is 22.6 Å². The molecule has 21 heavy (non-hydrogen) atoms. The first kappa shape index (κ1) is 15.0. The molecule has 0 aliphatic rings. The van der Waals surface area contributed by atoms with E-state index < -0.39 is 5.97 Å². The van der Waals surface area contributed by atoms with Gasteiger partial charge in [0.25, 0.3) is 0 Å². The highest BCUT2D eigenvalue weighted by atomic mass is 16.4. The fourth-order valence-corrected chi connectivity index (χ4v) is 2.19. The molecule has 0 bridgehead atoms. The van der Waals surface area contributed by atoms with E-state index in [9.17, 15) is 4.79 Å². The highest BCUT2D eigenvalue weighted by Gasteiger charge is 2.07. The Bertz CT molecular complexity index is 638. The molecular weight excluding hydrogens is 264 g/mol. The molecule has 2 aromatic rings. The average Bonchev–Trinajstić information content (AvgIpc) is 2.47. The number of carboxylic acids is 1. The molecule has 0 saturated heterocycles. The van der Waals surface area contributed by atoms with Crippen molar-refractivity contribution in [2.24, 2.45) is 0 Å². The minimum Gasteiger partial charge on any atom is -0.478 e. The van der Waals surface area contributed by atoms with Crippen molar-refractivity contribution in [1.29, 1.82) is 0 Å². The Hall–Kier alpha value is -2.36. The number of hydrogen-bond acceptors (Lipinski definition) is 3. The number of benzene rings is 1. The van der Waals surface area contributed by atoms with Crippen molar-refractivity contribution >= 4 is 11.8 Å². The second kappa shape index (κ2) is 6.88. The SMILES string of the molecule is CCc1cc(C(=O)O)cc(NCCc2cccc(C)c2)n1. The lowest BCUT2D eigenvalue weighted by molar-refractivity contribution is 0.0696. The normalized spacial score (nSPS) is 10.4. The molecule has 0 unspecified atom stereocenters. The van der Waals surface area contributed by atoms with E-state index in [1.165, 1.54) is 11.1 Å². The first-order chi connectivity index (χ1) is 10.1. The topological polar surface area (TPSA) is 62.2 Å². The molecule has 1 heterocycles. The molecule has 0 aliphatic heterocycles. The number of rotatable bonds is 6. The maximum atomic E-state index is 11.1.